The second-order valence-electron chi connectivity index (χ2n) is 7.32. The third-order valence-electron chi connectivity index (χ3n) is 5.82. The Hall–Kier alpha value is 0.0649. The van der Waals surface area contributed by atoms with Crippen molar-refractivity contribution < 1.29 is 0 Å². The summed E-state index contributed by atoms with van der Waals surface area (Å²) in [6.45, 7) is 17.0. The van der Waals surface area contributed by atoms with Crippen molar-refractivity contribution in [2.24, 2.45) is 16.7 Å². The van der Waals surface area contributed by atoms with E-state index in [0.29, 0.717) is 21.5 Å². The van der Waals surface area contributed by atoms with Crippen LogP contribution in [0.3, 0.4) is 0 Å². The lowest BCUT2D eigenvalue weighted by molar-refractivity contribution is -0.148. The molecule has 3 unspecified atom stereocenters. The number of hydrogen-bond acceptors (Lipinski definition) is 0. The van der Waals surface area contributed by atoms with Crippen LogP contribution in [-0.4, -0.2) is 7.28 Å². The fourth-order valence-corrected chi connectivity index (χ4v) is 4.52. The van der Waals surface area contributed by atoms with Gasteiger partial charge in [0.25, 0.3) is 0 Å². The van der Waals surface area contributed by atoms with E-state index in [4.69, 9.17) is 0 Å². The van der Waals surface area contributed by atoms with Gasteiger partial charge in [0.1, 0.15) is 7.28 Å². The molecule has 0 aromatic heterocycles. The molecule has 2 bridgehead atoms. The molecule has 1 aliphatic carbocycles. The van der Waals surface area contributed by atoms with Gasteiger partial charge in [0.15, 0.2) is 0 Å². The van der Waals surface area contributed by atoms with Crippen molar-refractivity contribution >= 4 is 7.28 Å². The van der Waals surface area contributed by atoms with Crippen LogP contribution in [0.25, 0.3) is 0 Å². The molecular weight excluding hydrogens is 167 g/mol. The molecule has 1 heteroatoms. The molecule has 0 aromatic rings. The average Bonchev–Trinajstić information content (AvgIpc) is 1.95. The van der Waals surface area contributed by atoms with Crippen LogP contribution in [0.1, 0.15) is 54.9 Å². The lowest BCUT2D eigenvalue weighted by atomic mass is 8.98. The molecule has 14 heavy (non-hydrogen) atoms. The lowest BCUT2D eigenvalue weighted by Crippen LogP contribution is -2.78. The van der Waals surface area contributed by atoms with Crippen molar-refractivity contribution in [3.05, 3.63) is 0 Å². The van der Waals surface area contributed by atoms with Crippen LogP contribution >= 0.6 is 0 Å². The Morgan fingerprint density at radius 2 is 1.57 bits per heavy atom. The third kappa shape index (κ3) is 0.727. The first-order valence-electron chi connectivity index (χ1n) is 5.98. The fraction of sp³-hybridized carbons (Fsp3) is 1.00. The maximum Gasteiger partial charge on any atom is 0.128 e. The zero-order valence-corrected chi connectivity index (χ0v) is 10.9. The summed E-state index contributed by atoms with van der Waals surface area (Å²) in [5.41, 5.74) is 0.974. The van der Waals surface area contributed by atoms with Crippen LogP contribution in [-0.2, 0) is 0 Å². The van der Waals surface area contributed by atoms with Gasteiger partial charge in [0.2, 0.25) is 0 Å². The van der Waals surface area contributed by atoms with Crippen LogP contribution in [0.2, 0.25) is 10.6 Å². The van der Waals surface area contributed by atoms with E-state index in [-0.39, 0.29) is 0 Å². The molecule has 0 spiro atoms. The van der Waals surface area contributed by atoms with Crippen molar-refractivity contribution in [3.8, 4) is 0 Å². The Morgan fingerprint density at radius 3 is 1.71 bits per heavy atom. The van der Waals surface area contributed by atoms with Gasteiger partial charge in [-0.2, -0.15) is 0 Å². The highest BCUT2D eigenvalue weighted by Crippen LogP contribution is 2.94. The predicted molar refractivity (Wildman–Crippen MR) is 63.8 cm³/mol. The summed E-state index contributed by atoms with van der Waals surface area (Å²) in [6.07, 6.45) is 1.41. The second kappa shape index (κ2) is 2.25. The first kappa shape index (κ1) is 10.6. The predicted octanol–water partition coefficient (Wildman–Crippen LogP) is 4.15. The molecule has 2 heterocycles. The molecule has 1 radical (unpaired) electrons. The minimum Gasteiger partial charge on any atom is -0.0664 e. The third-order valence-corrected chi connectivity index (χ3v) is 5.82. The Balaban J connectivity index is 2.37. The maximum absolute atomic E-state index is 2.64. The lowest BCUT2D eigenvalue weighted by Gasteiger charge is -2.88. The molecule has 0 aromatic carbocycles. The Kier molecular flexibility index (Phi) is 1.70. The summed E-state index contributed by atoms with van der Waals surface area (Å²) < 4.78 is 0. The Bertz CT molecular complexity index is 260. The van der Waals surface area contributed by atoms with Gasteiger partial charge >= 0.3 is 0 Å². The zero-order valence-electron chi connectivity index (χ0n) is 10.9. The van der Waals surface area contributed by atoms with Gasteiger partial charge in [0, 0.05) is 0 Å². The molecule has 3 fully saturated rings. The quantitative estimate of drug-likeness (QED) is 0.546. The smallest absolute Gasteiger partial charge is 0.0664 e. The molecule has 79 valence electrons. The molecule has 3 aliphatic rings. The Labute approximate surface area is 90.1 Å². The van der Waals surface area contributed by atoms with Crippen molar-refractivity contribution in [3.63, 3.8) is 0 Å². The van der Waals surface area contributed by atoms with Crippen LogP contribution < -0.4 is 0 Å². The average molecular weight is 191 g/mol. The summed E-state index contributed by atoms with van der Waals surface area (Å²) in [5.74, 6) is 0.797. The SMILES string of the molecule is CC(C)C1(C)C2(C)[B]C1(C(C)(C)C)C2. The molecule has 0 N–H and O–H groups in total. The minimum absolute atomic E-state index is 0.434. The van der Waals surface area contributed by atoms with E-state index >= 15 is 0 Å². The van der Waals surface area contributed by atoms with Gasteiger partial charge in [0.05, 0.1) is 0 Å². The molecular formula is C13H24B. The van der Waals surface area contributed by atoms with E-state index in [0.717, 1.165) is 5.92 Å². The van der Waals surface area contributed by atoms with Gasteiger partial charge in [-0.25, -0.2) is 0 Å². The first-order chi connectivity index (χ1) is 6.11. The van der Waals surface area contributed by atoms with Gasteiger partial charge in [-0.15, -0.1) is 0 Å². The zero-order chi connectivity index (χ0) is 11.0. The van der Waals surface area contributed by atoms with Gasteiger partial charge in [-0.1, -0.05) is 60.2 Å². The molecule has 1 saturated carbocycles. The highest BCUT2D eigenvalue weighted by Gasteiger charge is 2.83. The van der Waals surface area contributed by atoms with Crippen LogP contribution in [0.15, 0.2) is 0 Å². The van der Waals surface area contributed by atoms with E-state index in [1.807, 2.05) is 0 Å². The van der Waals surface area contributed by atoms with E-state index < -0.39 is 0 Å². The van der Waals surface area contributed by atoms with E-state index in [1.54, 1.807) is 0 Å². The molecule has 3 atom stereocenters. The van der Waals surface area contributed by atoms with Gasteiger partial charge in [-0.3, -0.25) is 0 Å². The first-order valence-corrected chi connectivity index (χ1v) is 5.98. The molecule has 3 rings (SSSR count). The van der Waals surface area contributed by atoms with Crippen molar-refractivity contribution in [2.75, 3.05) is 0 Å². The van der Waals surface area contributed by atoms with Gasteiger partial charge < -0.3 is 0 Å². The summed E-state index contributed by atoms with van der Waals surface area (Å²) >= 11 is 0. The van der Waals surface area contributed by atoms with Gasteiger partial charge in [-0.05, 0) is 22.1 Å². The van der Waals surface area contributed by atoms with E-state index in [1.165, 1.54) is 6.42 Å². The summed E-state index contributed by atoms with van der Waals surface area (Å²) in [6, 6.07) is 0. The van der Waals surface area contributed by atoms with Crippen molar-refractivity contribution in [2.45, 2.75) is 65.5 Å². The molecule has 0 amide bonds. The minimum atomic E-state index is 0.434. The monoisotopic (exact) mass is 191 g/mol. The highest BCUT2D eigenvalue weighted by molar-refractivity contribution is 6.55. The largest absolute Gasteiger partial charge is 0.128 e. The van der Waals surface area contributed by atoms with Crippen LogP contribution in [0.4, 0.5) is 0 Å². The summed E-state index contributed by atoms with van der Waals surface area (Å²) in [4.78, 5) is 0. The number of rotatable bonds is 1. The summed E-state index contributed by atoms with van der Waals surface area (Å²) in [7, 11) is 2.64. The normalized spacial score (nSPS) is 50.9. The maximum atomic E-state index is 2.64. The van der Waals surface area contributed by atoms with Crippen molar-refractivity contribution in [1.29, 1.82) is 0 Å². The second-order valence-corrected chi connectivity index (χ2v) is 7.32. The van der Waals surface area contributed by atoms with E-state index in [2.05, 4.69) is 55.7 Å². The topological polar surface area (TPSA) is 0 Å². The highest BCUT2D eigenvalue weighted by atomic mass is 14.8. The standard InChI is InChI=1S/C13H24B/c1-9(2)12(7)11(6)8-13(12,14-11)10(3,4)5/h9H,8H2,1-7H3. The summed E-state index contributed by atoms with van der Waals surface area (Å²) in [5, 5.41) is 1.05. The Morgan fingerprint density at radius 1 is 1.14 bits per heavy atom. The number of hydrogen-bond donors (Lipinski definition) is 0. The van der Waals surface area contributed by atoms with Crippen LogP contribution in [0, 0.1) is 16.7 Å². The molecule has 2 saturated heterocycles. The van der Waals surface area contributed by atoms with Crippen molar-refractivity contribution in [1.82, 2.24) is 0 Å². The fourth-order valence-electron chi connectivity index (χ4n) is 4.52. The molecule has 2 aliphatic heterocycles. The van der Waals surface area contributed by atoms with Crippen LogP contribution in [0.5, 0.6) is 0 Å². The van der Waals surface area contributed by atoms with E-state index in [9.17, 15) is 0 Å². The molecule has 0 nitrogen and oxygen atoms in total.